The number of halogens is 1. The summed E-state index contributed by atoms with van der Waals surface area (Å²) in [5.74, 6) is -0.195. The number of hydrogen-bond donors (Lipinski definition) is 1. The quantitative estimate of drug-likeness (QED) is 0.803. The van der Waals surface area contributed by atoms with Crippen molar-refractivity contribution < 1.29 is 13.2 Å². The summed E-state index contributed by atoms with van der Waals surface area (Å²) < 4.78 is 21.7. The molecule has 1 aliphatic rings. The maximum Gasteiger partial charge on any atom is 0.240 e. The minimum Gasteiger partial charge on any atom is -0.354 e. The van der Waals surface area contributed by atoms with Gasteiger partial charge in [-0.3, -0.25) is 4.79 Å². The second-order valence-electron chi connectivity index (χ2n) is 5.55. The Morgan fingerprint density at radius 1 is 1.33 bits per heavy atom. The van der Waals surface area contributed by atoms with Crippen LogP contribution in [0.1, 0.15) is 39.5 Å². The van der Waals surface area contributed by atoms with E-state index in [9.17, 15) is 13.2 Å². The molecular formula is C12H22ClNO3S. The zero-order valence-electron chi connectivity index (χ0n) is 11.2. The zero-order chi connectivity index (χ0) is 14.0. The largest absolute Gasteiger partial charge is 0.354 e. The third-order valence-electron chi connectivity index (χ3n) is 3.81. The highest BCUT2D eigenvalue weighted by molar-refractivity contribution is 7.92. The molecule has 0 heterocycles. The normalized spacial score (nSPS) is 25.8. The number of carbonyl (C=O) groups excluding carboxylic acids is 1. The van der Waals surface area contributed by atoms with Crippen LogP contribution in [0.4, 0.5) is 0 Å². The lowest BCUT2D eigenvalue weighted by atomic mass is 9.88. The van der Waals surface area contributed by atoms with E-state index in [1.54, 1.807) is 0 Å². The Balaban J connectivity index is 2.56. The Hall–Kier alpha value is -0.290. The van der Waals surface area contributed by atoms with E-state index < -0.39 is 20.5 Å². The highest BCUT2D eigenvalue weighted by atomic mass is 35.5. The van der Waals surface area contributed by atoms with Crippen molar-refractivity contribution in [3.05, 3.63) is 0 Å². The fourth-order valence-electron chi connectivity index (χ4n) is 2.00. The van der Waals surface area contributed by atoms with Gasteiger partial charge in [-0.15, -0.1) is 11.6 Å². The lowest BCUT2D eigenvalue weighted by molar-refractivity contribution is -0.123. The summed E-state index contributed by atoms with van der Waals surface area (Å²) in [5.41, 5.74) is 0. The molecule has 2 atom stereocenters. The molecule has 106 valence electrons. The van der Waals surface area contributed by atoms with Gasteiger partial charge >= 0.3 is 0 Å². The smallest absolute Gasteiger partial charge is 0.240 e. The fraction of sp³-hybridized carbons (Fsp3) is 0.917. The Bertz CT molecular complexity index is 406. The molecule has 1 rings (SSSR count). The van der Waals surface area contributed by atoms with E-state index in [0.29, 0.717) is 6.54 Å². The monoisotopic (exact) mass is 295 g/mol. The SMILES string of the molecule is CC(C)(C(=O)NCC1CCCCC1Cl)S(C)(=O)=O. The molecule has 0 bridgehead atoms. The Labute approximate surface area is 114 Å². The maximum atomic E-state index is 11.9. The zero-order valence-corrected chi connectivity index (χ0v) is 12.8. The summed E-state index contributed by atoms with van der Waals surface area (Å²) in [6.45, 7) is 3.32. The number of sulfone groups is 1. The minimum atomic E-state index is -3.41. The van der Waals surface area contributed by atoms with Crippen molar-refractivity contribution in [3.63, 3.8) is 0 Å². The van der Waals surface area contributed by atoms with Gasteiger partial charge in [0.15, 0.2) is 9.84 Å². The third-order valence-corrected chi connectivity index (χ3v) is 6.43. The van der Waals surface area contributed by atoms with E-state index in [0.717, 1.165) is 31.9 Å². The van der Waals surface area contributed by atoms with Gasteiger partial charge in [0.25, 0.3) is 0 Å². The van der Waals surface area contributed by atoms with Crippen LogP contribution in [0.5, 0.6) is 0 Å². The number of alkyl halides is 1. The third kappa shape index (κ3) is 3.60. The molecule has 1 fully saturated rings. The van der Waals surface area contributed by atoms with Crippen LogP contribution in [-0.2, 0) is 14.6 Å². The molecule has 0 spiro atoms. The van der Waals surface area contributed by atoms with Crippen molar-refractivity contribution in [3.8, 4) is 0 Å². The van der Waals surface area contributed by atoms with Gasteiger partial charge in [0.1, 0.15) is 4.75 Å². The fourth-order valence-corrected chi connectivity index (χ4v) is 2.78. The molecule has 0 radical (unpaired) electrons. The van der Waals surface area contributed by atoms with Gasteiger partial charge in [0, 0.05) is 18.2 Å². The second kappa shape index (κ2) is 5.78. The second-order valence-corrected chi connectivity index (χ2v) is 8.68. The molecular weight excluding hydrogens is 274 g/mol. The molecule has 0 saturated heterocycles. The summed E-state index contributed by atoms with van der Waals surface area (Å²) >= 11 is 6.20. The standard InChI is InChI=1S/C12H22ClNO3S/c1-12(2,18(3,16)17)11(15)14-8-9-6-4-5-7-10(9)13/h9-10H,4-8H2,1-3H3,(H,14,15). The van der Waals surface area contributed by atoms with Crippen LogP contribution < -0.4 is 5.32 Å². The molecule has 1 aliphatic carbocycles. The summed E-state index contributed by atoms with van der Waals surface area (Å²) in [6.07, 6.45) is 5.30. The highest BCUT2D eigenvalue weighted by Gasteiger charge is 2.38. The molecule has 0 aromatic heterocycles. The van der Waals surface area contributed by atoms with E-state index in [4.69, 9.17) is 11.6 Å². The minimum absolute atomic E-state index is 0.0837. The molecule has 2 unspecified atom stereocenters. The van der Waals surface area contributed by atoms with Gasteiger partial charge in [0.05, 0.1) is 0 Å². The first kappa shape index (κ1) is 15.8. The van der Waals surface area contributed by atoms with Gasteiger partial charge in [-0.1, -0.05) is 12.8 Å². The van der Waals surface area contributed by atoms with Crippen LogP contribution in [0, 0.1) is 5.92 Å². The van der Waals surface area contributed by atoms with Crippen LogP contribution in [0.15, 0.2) is 0 Å². The molecule has 0 aromatic carbocycles. The van der Waals surface area contributed by atoms with Crippen LogP contribution in [0.3, 0.4) is 0 Å². The topological polar surface area (TPSA) is 63.2 Å². The van der Waals surface area contributed by atoms with Crippen molar-refractivity contribution in [2.24, 2.45) is 5.92 Å². The van der Waals surface area contributed by atoms with Crippen molar-refractivity contribution >= 4 is 27.3 Å². The lowest BCUT2D eigenvalue weighted by Crippen LogP contribution is -2.49. The summed E-state index contributed by atoms with van der Waals surface area (Å²) in [4.78, 5) is 11.9. The van der Waals surface area contributed by atoms with Gasteiger partial charge in [-0.25, -0.2) is 8.42 Å². The molecule has 1 saturated carbocycles. The van der Waals surface area contributed by atoms with E-state index in [2.05, 4.69) is 5.32 Å². The molecule has 1 N–H and O–H groups in total. The van der Waals surface area contributed by atoms with E-state index in [-0.39, 0.29) is 11.3 Å². The number of hydrogen-bond acceptors (Lipinski definition) is 3. The Kier molecular flexibility index (Phi) is 5.06. The average molecular weight is 296 g/mol. The van der Waals surface area contributed by atoms with Gasteiger partial charge < -0.3 is 5.32 Å². The van der Waals surface area contributed by atoms with Gasteiger partial charge in [0.2, 0.25) is 5.91 Å². The van der Waals surface area contributed by atoms with Crippen LogP contribution in [0.25, 0.3) is 0 Å². The van der Waals surface area contributed by atoms with Gasteiger partial charge in [-0.2, -0.15) is 0 Å². The van der Waals surface area contributed by atoms with E-state index in [1.165, 1.54) is 13.8 Å². The van der Waals surface area contributed by atoms with E-state index in [1.807, 2.05) is 0 Å². The molecule has 4 nitrogen and oxygen atoms in total. The molecule has 0 aromatic rings. The summed E-state index contributed by atoms with van der Waals surface area (Å²) in [5, 5.41) is 2.81. The van der Waals surface area contributed by atoms with Crippen LogP contribution in [0.2, 0.25) is 0 Å². The van der Waals surface area contributed by atoms with Crippen molar-refractivity contribution in [2.75, 3.05) is 12.8 Å². The molecule has 6 heteroatoms. The van der Waals surface area contributed by atoms with Crippen LogP contribution >= 0.6 is 11.6 Å². The van der Waals surface area contributed by atoms with Crippen molar-refractivity contribution in [2.45, 2.75) is 49.7 Å². The number of nitrogens with one attached hydrogen (secondary N) is 1. The van der Waals surface area contributed by atoms with E-state index >= 15 is 0 Å². The first-order chi connectivity index (χ1) is 8.16. The molecule has 0 aliphatic heterocycles. The lowest BCUT2D eigenvalue weighted by Gasteiger charge is -2.29. The first-order valence-electron chi connectivity index (χ1n) is 6.28. The number of rotatable bonds is 4. The van der Waals surface area contributed by atoms with Crippen molar-refractivity contribution in [1.29, 1.82) is 0 Å². The molecule has 18 heavy (non-hydrogen) atoms. The maximum absolute atomic E-state index is 11.9. The summed E-state index contributed by atoms with van der Waals surface area (Å²) in [6, 6.07) is 0. The Morgan fingerprint density at radius 3 is 2.39 bits per heavy atom. The first-order valence-corrected chi connectivity index (χ1v) is 8.61. The van der Waals surface area contributed by atoms with Gasteiger partial charge in [-0.05, 0) is 32.6 Å². The predicted octanol–water partition coefficient (Wildman–Crippen LogP) is 1.72. The Morgan fingerprint density at radius 2 is 1.89 bits per heavy atom. The number of carbonyl (C=O) groups is 1. The highest BCUT2D eigenvalue weighted by Crippen LogP contribution is 2.28. The van der Waals surface area contributed by atoms with Crippen molar-refractivity contribution in [1.82, 2.24) is 5.32 Å². The average Bonchev–Trinajstić information content (AvgIpc) is 2.26. The predicted molar refractivity (Wildman–Crippen MR) is 73.5 cm³/mol. The number of amides is 1. The van der Waals surface area contributed by atoms with Crippen LogP contribution in [-0.4, -0.2) is 37.2 Å². The summed E-state index contributed by atoms with van der Waals surface area (Å²) in [7, 11) is -3.41. The molecule has 1 amide bonds.